The average Bonchev–Trinajstić information content (AvgIpc) is 2.48. The molecule has 0 heterocycles. The summed E-state index contributed by atoms with van der Waals surface area (Å²) in [5.74, 6) is -1.23. The average molecular weight is 281 g/mol. The van der Waals surface area contributed by atoms with Crippen LogP contribution in [-0.2, 0) is 16.0 Å². The molecule has 0 saturated heterocycles. The van der Waals surface area contributed by atoms with Gasteiger partial charge in [0.05, 0.1) is 6.42 Å². The van der Waals surface area contributed by atoms with Gasteiger partial charge in [-0.15, -0.1) is 0 Å². The van der Waals surface area contributed by atoms with Gasteiger partial charge < -0.3 is 10.4 Å². The number of carbonyl (C=O) groups is 2. The first kappa shape index (κ1) is 14.5. The monoisotopic (exact) mass is 281 g/mol. The highest BCUT2D eigenvalue weighted by atomic mass is 16.4. The van der Waals surface area contributed by atoms with Crippen molar-refractivity contribution in [2.24, 2.45) is 0 Å². The maximum absolute atomic E-state index is 11.9. The van der Waals surface area contributed by atoms with Crippen LogP contribution < -0.4 is 5.32 Å². The summed E-state index contributed by atoms with van der Waals surface area (Å²) in [6.07, 6.45) is 3.00. The molecule has 0 atom stereocenters. The Balaban J connectivity index is 2.06. The summed E-state index contributed by atoms with van der Waals surface area (Å²) >= 11 is 0. The second-order valence-corrected chi connectivity index (χ2v) is 4.46. The Morgan fingerprint density at radius 1 is 1.00 bits per heavy atom. The maximum Gasteiger partial charge on any atom is 0.307 e. The van der Waals surface area contributed by atoms with Crippen LogP contribution in [-0.4, -0.2) is 17.0 Å². The number of rotatable bonds is 5. The van der Waals surface area contributed by atoms with E-state index in [0.717, 1.165) is 5.56 Å². The van der Waals surface area contributed by atoms with E-state index in [1.807, 2.05) is 30.3 Å². The first-order valence-corrected chi connectivity index (χ1v) is 6.49. The second-order valence-electron chi connectivity index (χ2n) is 4.46. The predicted octanol–water partition coefficient (Wildman–Crippen LogP) is 2.97. The van der Waals surface area contributed by atoms with Gasteiger partial charge >= 0.3 is 5.97 Å². The number of nitrogens with one attached hydrogen (secondary N) is 1. The number of anilines is 1. The summed E-state index contributed by atoms with van der Waals surface area (Å²) in [6.45, 7) is 0. The Kier molecular flexibility index (Phi) is 4.88. The number of carbonyl (C=O) groups excluding carboxylic acids is 1. The molecule has 0 aliphatic carbocycles. The van der Waals surface area contributed by atoms with Crippen LogP contribution in [0.2, 0.25) is 0 Å². The first-order valence-electron chi connectivity index (χ1n) is 6.49. The van der Waals surface area contributed by atoms with E-state index in [1.54, 1.807) is 30.3 Å². The number of aliphatic carboxylic acids is 1. The number of para-hydroxylation sites is 1. The third kappa shape index (κ3) is 4.62. The van der Waals surface area contributed by atoms with Gasteiger partial charge in [-0.25, -0.2) is 0 Å². The van der Waals surface area contributed by atoms with Crippen LogP contribution in [0.1, 0.15) is 11.1 Å². The molecule has 2 aromatic rings. The molecule has 0 spiro atoms. The van der Waals surface area contributed by atoms with Crippen LogP contribution in [0.5, 0.6) is 0 Å². The van der Waals surface area contributed by atoms with Crippen LogP contribution in [0.25, 0.3) is 6.08 Å². The molecule has 0 unspecified atom stereocenters. The molecule has 0 fully saturated rings. The minimum absolute atomic E-state index is 0.126. The summed E-state index contributed by atoms with van der Waals surface area (Å²) in [4.78, 5) is 22.7. The van der Waals surface area contributed by atoms with Gasteiger partial charge in [-0.1, -0.05) is 48.5 Å². The number of benzene rings is 2. The summed E-state index contributed by atoms with van der Waals surface area (Å²) in [6, 6.07) is 16.3. The van der Waals surface area contributed by atoms with Crippen molar-refractivity contribution >= 4 is 23.6 Å². The SMILES string of the molecule is O=C(O)Cc1ccccc1NC(=O)C=Cc1ccccc1. The number of hydrogen-bond acceptors (Lipinski definition) is 2. The highest BCUT2D eigenvalue weighted by Gasteiger charge is 2.07. The molecule has 0 aliphatic rings. The van der Waals surface area contributed by atoms with Crippen molar-refractivity contribution in [3.05, 3.63) is 71.8 Å². The van der Waals surface area contributed by atoms with Gasteiger partial charge in [-0.2, -0.15) is 0 Å². The van der Waals surface area contributed by atoms with Crippen LogP contribution >= 0.6 is 0 Å². The molecule has 21 heavy (non-hydrogen) atoms. The normalized spacial score (nSPS) is 10.5. The largest absolute Gasteiger partial charge is 0.481 e. The van der Waals surface area contributed by atoms with Gasteiger partial charge in [0.2, 0.25) is 5.91 Å². The topological polar surface area (TPSA) is 66.4 Å². The molecule has 2 rings (SSSR count). The number of hydrogen-bond donors (Lipinski definition) is 2. The van der Waals surface area contributed by atoms with Gasteiger partial charge in [0, 0.05) is 11.8 Å². The van der Waals surface area contributed by atoms with E-state index in [-0.39, 0.29) is 12.3 Å². The van der Waals surface area contributed by atoms with E-state index in [2.05, 4.69) is 5.32 Å². The smallest absolute Gasteiger partial charge is 0.307 e. The van der Waals surface area contributed by atoms with Crippen molar-refractivity contribution in [2.75, 3.05) is 5.32 Å². The standard InChI is InChI=1S/C17H15NO3/c19-16(11-10-13-6-2-1-3-7-13)18-15-9-5-4-8-14(15)12-17(20)21/h1-11H,12H2,(H,18,19)(H,20,21). The molecule has 0 aliphatic heterocycles. The molecular formula is C17H15NO3. The van der Waals surface area contributed by atoms with Crippen LogP contribution in [0.4, 0.5) is 5.69 Å². The molecule has 4 heteroatoms. The zero-order valence-corrected chi connectivity index (χ0v) is 11.3. The molecule has 106 valence electrons. The fourth-order valence-electron chi connectivity index (χ4n) is 1.87. The van der Waals surface area contributed by atoms with Crippen molar-refractivity contribution in [1.29, 1.82) is 0 Å². The zero-order chi connectivity index (χ0) is 15.1. The van der Waals surface area contributed by atoms with E-state index in [4.69, 9.17) is 5.11 Å². The van der Waals surface area contributed by atoms with E-state index in [0.29, 0.717) is 11.3 Å². The zero-order valence-electron chi connectivity index (χ0n) is 11.3. The molecule has 1 amide bonds. The van der Waals surface area contributed by atoms with Crippen molar-refractivity contribution in [2.45, 2.75) is 6.42 Å². The first-order chi connectivity index (χ1) is 10.1. The lowest BCUT2D eigenvalue weighted by molar-refractivity contribution is -0.136. The fourth-order valence-corrected chi connectivity index (χ4v) is 1.87. The number of amides is 1. The second kappa shape index (κ2) is 7.05. The third-order valence-corrected chi connectivity index (χ3v) is 2.84. The molecular weight excluding hydrogens is 266 g/mol. The van der Waals surface area contributed by atoms with Gasteiger partial charge in [0.15, 0.2) is 0 Å². The lowest BCUT2D eigenvalue weighted by Gasteiger charge is -2.07. The minimum Gasteiger partial charge on any atom is -0.481 e. The van der Waals surface area contributed by atoms with Gasteiger partial charge in [0.25, 0.3) is 0 Å². The lowest BCUT2D eigenvalue weighted by Crippen LogP contribution is -2.11. The molecule has 0 saturated carbocycles. The quantitative estimate of drug-likeness (QED) is 0.828. The Hall–Kier alpha value is -2.88. The van der Waals surface area contributed by atoms with E-state index in [9.17, 15) is 9.59 Å². The van der Waals surface area contributed by atoms with Crippen molar-refractivity contribution < 1.29 is 14.7 Å². The summed E-state index contributed by atoms with van der Waals surface area (Å²) in [5, 5.41) is 11.5. The van der Waals surface area contributed by atoms with E-state index < -0.39 is 5.97 Å². The predicted molar refractivity (Wildman–Crippen MR) is 81.9 cm³/mol. The van der Waals surface area contributed by atoms with Gasteiger partial charge in [0.1, 0.15) is 0 Å². The Morgan fingerprint density at radius 3 is 2.38 bits per heavy atom. The highest BCUT2D eigenvalue weighted by Crippen LogP contribution is 2.15. The van der Waals surface area contributed by atoms with Crippen molar-refractivity contribution in [3.63, 3.8) is 0 Å². The summed E-state index contributed by atoms with van der Waals surface area (Å²) in [7, 11) is 0. The lowest BCUT2D eigenvalue weighted by atomic mass is 10.1. The summed E-state index contributed by atoms with van der Waals surface area (Å²) < 4.78 is 0. The fraction of sp³-hybridized carbons (Fsp3) is 0.0588. The van der Waals surface area contributed by atoms with Gasteiger partial charge in [-0.05, 0) is 23.3 Å². The summed E-state index contributed by atoms with van der Waals surface area (Å²) in [5.41, 5.74) is 2.01. The molecule has 2 aromatic carbocycles. The Morgan fingerprint density at radius 2 is 1.67 bits per heavy atom. The van der Waals surface area contributed by atoms with Crippen LogP contribution in [0.3, 0.4) is 0 Å². The molecule has 0 aromatic heterocycles. The van der Waals surface area contributed by atoms with Crippen LogP contribution in [0, 0.1) is 0 Å². The molecule has 2 N–H and O–H groups in total. The van der Waals surface area contributed by atoms with Gasteiger partial charge in [-0.3, -0.25) is 9.59 Å². The Bertz CT molecular complexity index is 663. The molecule has 0 bridgehead atoms. The molecule has 0 radical (unpaired) electrons. The number of carboxylic acids is 1. The van der Waals surface area contributed by atoms with Crippen molar-refractivity contribution in [1.82, 2.24) is 0 Å². The minimum atomic E-state index is -0.934. The third-order valence-electron chi connectivity index (χ3n) is 2.84. The van der Waals surface area contributed by atoms with Crippen molar-refractivity contribution in [3.8, 4) is 0 Å². The molecule has 4 nitrogen and oxygen atoms in total. The highest BCUT2D eigenvalue weighted by molar-refractivity contribution is 6.02. The van der Waals surface area contributed by atoms with E-state index >= 15 is 0 Å². The van der Waals surface area contributed by atoms with Crippen LogP contribution in [0.15, 0.2) is 60.7 Å². The number of carboxylic acid groups (broad SMARTS) is 1. The maximum atomic E-state index is 11.9. The Labute approximate surface area is 122 Å². The van der Waals surface area contributed by atoms with E-state index in [1.165, 1.54) is 6.08 Å².